The summed E-state index contributed by atoms with van der Waals surface area (Å²) in [6.07, 6.45) is 11.7. The van der Waals surface area contributed by atoms with Gasteiger partial charge in [0.15, 0.2) is 0 Å². The van der Waals surface area contributed by atoms with Crippen molar-refractivity contribution in [2.45, 2.75) is 107 Å². The maximum atomic E-state index is 5.57. The maximum Gasteiger partial charge on any atom is 0.0851 e. The first-order valence-corrected chi connectivity index (χ1v) is 21.0. The van der Waals surface area contributed by atoms with Crippen LogP contribution < -0.4 is 0 Å². The highest BCUT2D eigenvalue weighted by Gasteiger charge is 2.27. The van der Waals surface area contributed by atoms with Gasteiger partial charge in [-0.1, -0.05) is 128 Å². The van der Waals surface area contributed by atoms with Gasteiger partial charge in [0.05, 0.1) is 39.4 Å². The fourth-order valence-electron chi connectivity index (χ4n) is 9.00. The van der Waals surface area contributed by atoms with Crippen LogP contribution in [0, 0.1) is 11.8 Å². The molecule has 0 unspecified atom stereocenters. The van der Waals surface area contributed by atoms with Crippen LogP contribution in [0.15, 0.2) is 72.8 Å². The smallest absolute Gasteiger partial charge is 0.0851 e. The zero-order valence-electron chi connectivity index (χ0n) is 34.6. The van der Waals surface area contributed by atoms with Crippen molar-refractivity contribution in [3.8, 4) is 11.8 Å². The number of fused-ring (bicyclic) bond motifs is 8. The van der Waals surface area contributed by atoms with Crippen LogP contribution in [0.3, 0.4) is 0 Å². The highest BCUT2D eigenvalue weighted by atomic mass is 14.8. The van der Waals surface area contributed by atoms with Gasteiger partial charge in [-0.2, -0.15) is 0 Å². The highest BCUT2D eigenvalue weighted by Crippen LogP contribution is 2.42. The molecule has 2 N–H and O–H groups in total. The summed E-state index contributed by atoms with van der Waals surface area (Å²) >= 11 is 0. The molecule has 0 saturated carbocycles. The minimum atomic E-state index is 0.862. The Morgan fingerprint density at radius 1 is 0.482 bits per heavy atom. The molecular formula is C52H56N4. The summed E-state index contributed by atoms with van der Waals surface area (Å²) in [4.78, 5) is 19.2. The third-order valence-corrected chi connectivity index (χ3v) is 11.6. The quantitative estimate of drug-likeness (QED) is 0.140. The Balaban J connectivity index is 1.74. The van der Waals surface area contributed by atoms with Crippen molar-refractivity contribution in [1.29, 1.82) is 0 Å². The molecule has 5 aromatic rings. The molecule has 0 aliphatic carbocycles. The van der Waals surface area contributed by atoms with Crippen LogP contribution in [0.25, 0.3) is 56.5 Å². The van der Waals surface area contributed by atoms with E-state index in [0.717, 1.165) is 96.3 Å². The summed E-state index contributed by atoms with van der Waals surface area (Å²) < 4.78 is 0. The van der Waals surface area contributed by atoms with Crippen LogP contribution >= 0.6 is 0 Å². The van der Waals surface area contributed by atoms with Gasteiger partial charge in [-0.3, -0.25) is 0 Å². The topological polar surface area (TPSA) is 57.4 Å². The van der Waals surface area contributed by atoms with E-state index in [1.165, 1.54) is 66.7 Å². The lowest BCUT2D eigenvalue weighted by Gasteiger charge is -2.08. The molecule has 0 amide bonds. The molecule has 2 aliphatic heterocycles. The van der Waals surface area contributed by atoms with Gasteiger partial charge in [0.25, 0.3) is 0 Å². The molecule has 8 bridgehead atoms. The predicted molar refractivity (Wildman–Crippen MR) is 241 cm³/mol. The number of nitrogens with zero attached hydrogens (tertiary/aromatic N) is 2. The Bertz CT molecular complexity index is 2470. The Morgan fingerprint density at radius 3 is 1.36 bits per heavy atom. The Labute approximate surface area is 334 Å². The van der Waals surface area contributed by atoms with Crippen molar-refractivity contribution in [3.05, 3.63) is 140 Å². The van der Waals surface area contributed by atoms with Gasteiger partial charge in [-0.15, -0.1) is 0 Å². The van der Waals surface area contributed by atoms with Crippen molar-refractivity contribution in [1.82, 2.24) is 19.9 Å². The lowest BCUT2D eigenvalue weighted by molar-refractivity contribution is 1.07. The van der Waals surface area contributed by atoms with Crippen molar-refractivity contribution in [2.24, 2.45) is 0 Å². The van der Waals surface area contributed by atoms with E-state index in [2.05, 4.69) is 156 Å². The number of aryl methyl sites for hydroxylation is 4. The van der Waals surface area contributed by atoms with Crippen LogP contribution in [0.4, 0.5) is 0 Å². The summed E-state index contributed by atoms with van der Waals surface area (Å²) in [7, 11) is 0. The second-order valence-corrected chi connectivity index (χ2v) is 14.6. The average Bonchev–Trinajstić information content (AvgIpc) is 3.98. The number of hydrogen-bond acceptors (Lipinski definition) is 2. The summed E-state index contributed by atoms with van der Waals surface area (Å²) in [5.41, 5.74) is 23.4. The summed E-state index contributed by atoms with van der Waals surface area (Å²) in [5, 5.41) is 0. The zero-order chi connectivity index (χ0) is 39.3. The fraction of sp³-hybridized carbons (Fsp3) is 0.308. The van der Waals surface area contributed by atoms with Crippen LogP contribution in [-0.2, 0) is 25.7 Å². The fourth-order valence-corrected chi connectivity index (χ4v) is 9.00. The summed E-state index contributed by atoms with van der Waals surface area (Å²) in [6.45, 7) is 18.2. The molecule has 0 atom stereocenters. The third kappa shape index (κ3) is 7.01. The van der Waals surface area contributed by atoms with Crippen molar-refractivity contribution < 1.29 is 0 Å². The Morgan fingerprint density at radius 2 is 0.929 bits per heavy atom. The van der Waals surface area contributed by atoms with Crippen molar-refractivity contribution >= 4 is 56.5 Å². The molecule has 7 rings (SSSR count). The largest absolute Gasteiger partial charge is 0.354 e. The van der Waals surface area contributed by atoms with Gasteiger partial charge >= 0.3 is 0 Å². The SMILES string of the molecule is CCC1=C(CC)c2nc1cc1[nH]c(c(CC)c1CC)c(/C=C/c1ccccc1)c1[nH]c(cc3nc(c2C#Cc2ccccc2)C(CC)=C3CC)c(CC)c1CC. The molecule has 2 aromatic carbocycles. The first-order valence-electron chi connectivity index (χ1n) is 21.0. The van der Waals surface area contributed by atoms with Gasteiger partial charge in [0, 0.05) is 22.2 Å². The van der Waals surface area contributed by atoms with Gasteiger partial charge < -0.3 is 9.97 Å². The van der Waals surface area contributed by atoms with E-state index in [0.29, 0.717) is 0 Å². The molecular weight excluding hydrogens is 681 g/mol. The van der Waals surface area contributed by atoms with Gasteiger partial charge in [0.2, 0.25) is 0 Å². The number of benzene rings is 2. The van der Waals surface area contributed by atoms with Gasteiger partial charge in [-0.05, 0) is 126 Å². The number of aromatic amines is 2. The van der Waals surface area contributed by atoms with Crippen molar-refractivity contribution in [3.63, 3.8) is 0 Å². The molecule has 284 valence electrons. The van der Waals surface area contributed by atoms with E-state index in [-0.39, 0.29) is 0 Å². The molecule has 3 aromatic heterocycles. The minimum Gasteiger partial charge on any atom is -0.354 e. The first-order chi connectivity index (χ1) is 27.4. The standard InChI is InChI=1S/C52H56N4/c1-9-35-39(13-5)49-43(29-27-33-23-19-17-20-24-33)50-41(15-7)37(11-3)47(55-50)32-48-38(12-4)42(16-8)52(56-48)44(30-28-34-25-21-18-22-26-34)51-40(14-6)36(10-2)46(54-51)31-45(35)53-49/h17-27,29,31-32,53,55H,9-16H2,1-8H3/b29-27+,45-31?,46-31?,47-32?,48-32?,49-43?,50-43?,51-44?,52-44?. The van der Waals surface area contributed by atoms with Crippen LogP contribution in [-0.4, -0.2) is 19.9 Å². The molecule has 5 heterocycles. The van der Waals surface area contributed by atoms with E-state index < -0.39 is 0 Å². The highest BCUT2D eigenvalue weighted by molar-refractivity contribution is 6.00. The number of H-pyrrole nitrogens is 2. The summed E-state index contributed by atoms with van der Waals surface area (Å²) in [6, 6.07) is 25.6. The number of aromatic nitrogens is 4. The summed E-state index contributed by atoms with van der Waals surface area (Å²) in [5.74, 6) is 7.22. The maximum absolute atomic E-state index is 5.57. The van der Waals surface area contributed by atoms with E-state index >= 15 is 0 Å². The monoisotopic (exact) mass is 736 g/mol. The molecule has 56 heavy (non-hydrogen) atoms. The molecule has 0 fully saturated rings. The predicted octanol–water partition coefficient (Wildman–Crippen LogP) is 13.6. The molecule has 0 saturated heterocycles. The molecule has 0 spiro atoms. The zero-order valence-corrected chi connectivity index (χ0v) is 34.6. The number of allylic oxidation sites excluding steroid dienone is 4. The second-order valence-electron chi connectivity index (χ2n) is 14.6. The van der Waals surface area contributed by atoms with E-state index in [1.54, 1.807) is 0 Å². The normalized spacial score (nSPS) is 12.9. The number of rotatable bonds is 10. The Hall–Kier alpha value is -5.66. The van der Waals surface area contributed by atoms with Crippen LogP contribution in [0.2, 0.25) is 0 Å². The van der Waals surface area contributed by atoms with Crippen LogP contribution in [0.5, 0.6) is 0 Å². The van der Waals surface area contributed by atoms with E-state index in [9.17, 15) is 0 Å². The Kier molecular flexibility index (Phi) is 11.7. The lowest BCUT2D eigenvalue weighted by Crippen LogP contribution is -1.95. The third-order valence-electron chi connectivity index (χ3n) is 11.6. The van der Waals surface area contributed by atoms with E-state index in [1.807, 2.05) is 6.07 Å². The van der Waals surface area contributed by atoms with Crippen molar-refractivity contribution in [2.75, 3.05) is 0 Å². The molecule has 4 nitrogen and oxygen atoms in total. The molecule has 0 radical (unpaired) electrons. The molecule has 2 aliphatic rings. The van der Waals surface area contributed by atoms with E-state index in [4.69, 9.17) is 9.97 Å². The number of nitrogens with one attached hydrogen (secondary N) is 2. The number of hydrogen-bond donors (Lipinski definition) is 2. The van der Waals surface area contributed by atoms with Gasteiger partial charge in [0.1, 0.15) is 0 Å². The minimum absolute atomic E-state index is 0.862. The first kappa shape index (κ1) is 38.6. The van der Waals surface area contributed by atoms with Crippen LogP contribution in [0.1, 0.15) is 148 Å². The average molecular weight is 737 g/mol. The second kappa shape index (κ2) is 17.0. The molecule has 4 heteroatoms. The lowest BCUT2D eigenvalue weighted by atomic mass is 9.93. The van der Waals surface area contributed by atoms with Gasteiger partial charge in [-0.25, -0.2) is 9.97 Å².